The van der Waals surface area contributed by atoms with Crippen LogP contribution in [0.2, 0.25) is 0 Å². The van der Waals surface area contributed by atoms with Crippen LogP contribution in [0.5, 0.6) is 5.75 Å². The summed E-state index contributed by atoms with van der Waals surface area (Å²) in [6.07, 6.45) is 0. The van der Waals surface area contributed by atoms with Crippen LogP contribution >= 0.6 is 0 Å². The highest BCUT2D eigenvalue weighted by atomic mass is 32.2. The molecule has 0 aliphatic carbocycles. The molecule has 0 radical (unpaired) electrons. The Kier molecular flexibility index (Phi) is 4.40. The van der Waals surface area contributed by atoms with E-state index in [1.54, 1.807) is 36.4 Å². The Morgan fingerprint density at radius 3 is 2.52 bits per heavy atom. The molecule has 0 aliphatic rings. The van der Waals surface area contributed by atoms with Crippen molar-refractivity contribution in [2.75, 3.05) is 0 Å². The Labute approximate surface area is 123 Å². The zero-order valence-corrected chi connectivity index (χ0v) is 12.3. The number of hydrogen-bond donors (Lipinski definition) is 1. The van der Waals surface area contributed by atoms with Crippen LogP contribution < -0.4 is 9.88 Å². The van der Waals surface area contributed by atoms with Crippen LogP contribution in [0.3, 0.4) is 0 Å². The molecular weight excluding hydrogens is 290 g/mol. The number of benzene rings is 2. The molecule has 0 saturated heterocycles. The van der Waals surface area contributed by atoms with Crippen molar-refractivity contribution < 1.29 is 17.9 Å². The smallest absolute Gasteiger partial charge is 0.238 e. The van der Waals surface area contributed by atoms with Gasteiger partial charge in [0.25, 0.3) is 0 Å². The molecule has 2 rings (SSSR count). The highest BCUT2D eigenvalue weighted by Gasteiger charge is 2.10. The molecule has 0 aliphatic heterocycles. The van der Waals surface area contributed by atoms with Crippen LogP contribution in [0.4, 0.5) is 0 Å². The van der Waals surface area contributed by atoms with E-state index in [2.05, 4.69) is 0 Å². The van der Waals surface area contributed by atoms with Crippen LogP contribution in [0, 0.1) is 0 Å². The Hall–Kier alpha value is -2.18. The standard InChI is InChI=1S/C15H15NO4S/c1-11(17)14-7-2-3-8-15(14)20-10-12-5-4-6-13(9-12)21(16,18)19/h2-9H,10H2,1H3,(H2,16,18,19). The van der Waals surface area contributed by atoms with Crippen molar-refractivity contribution in [3.63, 3.8) is 0 Å². The normalized spacial score (nSPS) is 11.1. The summed E-state index contributed by atoms with van der Waals surface area (Å²) in [5, 5.41) is 5.08. The Bertz CT molecular complexity index is 769. The van der Waals surface area contributed by atoms with Gasteiger partial charge in [-0.1, -0.05) is 24.3 Å². The second kappa shape index (κ2) is 6.07. The number of carbonyl (C=O) groups excluding carboxylic acids is 1. The first-order valence-corrected chi connectivity index (χ1v) is 7.77. The van der Waals surface area contributed by atoms with Gasteiger partial charge < -0.3 is 4.74 Å². The highest BCUT2D eigenvalue weighted by Crippen LogP contribution is 2.20. The molecule has 0 saturated carbocycles. The van der Waals surface area contributed by atoms with Crippen LogP contribution in [-0.4, -0.2) is 14.2 Å². The van der Waals surface area contributed by atoms with E-state index >= 15 is 0 Å². The third-order valence-electron chi connectivity index (χ3n) is 2.89. The molecule has 0 atom stereocenters. The highest BCUT2D eigenvalue weighted by molar-refractivity contribution is 7.89. The monoisotopic (exact) mass is 305 g/mol. The fourth-order valence-corrected chi connectivity index (χ4v) is 2.44. The average molecular weight is 305 g/mol. The molecule has 21 heavy (non-hydrogen) atoms. The minimum absolute atomic E-state index is 0.0310. The van der Waals surface area contributed by atoms with Gasteiger partial charge in [-0.05, 0) is 36.8 Å². The number of sulfonamides is 1. The number of para-hydroxylation sites is 1. The number of carbonyl (C=O) groups is 1. The zero-order chi connectivity index (χ0) is 15.5. The van der Waals surface area contributed by atoms with Gasteiger partial charge in [0.2, 0.25) is 10.0 Å². The van der Waals surface area contributed by atoms with E-state index in [-0.39, 0.29) is 17.3 Å². The summed E-state index contributed by atoms with van der Waals surface area (Å²) in [5.74, 6) is 0.370. The van der Waals surface area contributed by atoms with E-state index in [4.69, 9.17) is 9.88 Å². The topological polar surface area (TPSA) is 86.5 Å². The lowest BCUT2D eigenvalue weighted by Gasteiger charge is -2.10. The lowest BCUT2D eigenvalue weighted by atomic mass is 10.1. The van der Waals surface area contributed by atoms with E-state index in [1.165, 1.54) is 19.1 Å². The molecule has 0 aromatic heterocycles. The first kappa shape index (κ1) is 15.2. The number of rotatable bonds is 5. The van der Waals surface area contributed by atoms with Crippen molar-refractivity contribution in [3.05, 3.63) is 59.7 Å². The summed E-state index contributed by atoms with van der Waals surface area (Å²) in [5.41, 5.74) is 1.14. The second-order valence-corrected chi connectivity index (χ2v) is 6.09. The van der Waals surface area contributed by atoms with E-state index < -0.39 is 10.0 Å². The molecule has 0 unspecified atom stereocenters. The minimum Gasteiger partial charge on any atom is -0.488 e. The summed E-state index contributed by atoms with van der Waals surface area (Å²) in [4.78, 5) is 11.5. The SMILES string of the molecule is CC(=O)c1ccccc1OCc1cccc(S(N)(=O)=O)c1. The molecule has 0 fully saturated rings. The predicted octanol–water partition coefficient (Wildman–Crippen LogP) is 2.12. The Balaban J connectivity index is 2.20. The summed E-state index contributed by atoms with van der Waals surface area (Å²) in [6, 6.07) is 13.1. The van der Waals surface area contributed by atoms with Gasteiger partial charge in [-0.25, -0.2) is 13.6 Å². The number of hydrogen-bond acceptors (Lipinski definition) is 4. The van der Waals surface area contributed by atoms with E-state index in [0.717, 1.165) is 0 Å². The van der Waals surface area contributed by atoms with Gasteiger partial charge in [0.1, 0.15) is 12.4 Å². The van der Waals surface area contributed by atoms with Crippen molar-refractivity contribution in [1.82, 2.24) is 0 Å². The first-order chi connectivity index (χ1) is 9.88. The molecule has 0 amide bonds. The molecule has 2 aromatic carbocycles. The van der Waals surface area contributed by atoms with E-state index in [9.17, 15) is 13.2 Å². The van der Waals surface area contributed by atoms with Gasteiger partial charge in [-0.15, -0.1) is 0 Å². The first-order valence-electron chi connectivity index (χ1n) is 6.22. The van der Waals surface area contributed by atoms with E-state index in [0.29, 0.717) is 16.9 Å². The van der Waals surface area contributed by atoms with Gasteiger partial charge in [0.15, 0.2) is 5.78 Å². The van der Waals surface area contributed by atoms with Crippen molar-refractivity contribution in [3.8, 4) is 5.75 Å². The molecule has 0 heterocycles. The van der Waals surface area contributed by atoms with Crippen LogP contribution in [0.25, 0.3) is 0 Å². The van der Waals surface area contributed by atoms with Crippen molar-refractivity contribution in [2.24, 2.45) is 5.14 Å². The van der Waals surface area contributed by atoms with Crippen LogP contribution in [0.1, 0.15) is 22.8 Å². The lowest BCUT2D eigenvalue weighted by Crippen LogP contribution is -2.12. The van der Waals surface area contributed by atoms with Crippen LogP contribution in [-0.2, 0) is 16.6 Å². The fraction of sp³-hybridized carbons (Fsp3) is 0.133. The van der Waals surface area contributed by atoms with Gasteiger partial charge in [-0.2, -0.15) is 0 Å². The third kappa shape index (κ3) is 3.90. The number of ether oxygens (including phenoxy) is 1. The number of Topliss-reactive ketones (excluding diaryl/α,β-unsaturated/α-hetero) is 1. The van der Waals surface area contributed by atoms with Gasteiger partial charge in [0.05, 0.1) is 10.5 Å². The van der Waals surface area contributed by atoms with Gasteiger partial charge in [-0.3, -0.25) is 4.79 Å². The average Bonchev–Trinajstić information content (AvgIpc) is 2.45. The molecule has 2 aromatic rings. The van der Waals surface area contributed by atoms with Crippen molar-refractivity contribution in [1.29, 1.82) is 0 Å². The molecule has 110 valence electrons. The zero-order valence-electron chi connectivity index (χ0n) is 11.4. The molecular formula is C15H15NO4S. The quantitative estimate of drug-likeness (QED) is 0.857. The maximum atomic E-state index is 11.5. The summed E-state index contributed by atoms with van der Waals surface area (Å²) in [7, 11) is -3.74. The van der Waals surface area contributed by atoms with Crippen LogP contribution in [0.15, 0.2) is 53.4 Å². The van der Waals surface area contributed by atoms with Gasteiger partial charge >= 0.3 is 0 Å². The maximum absolute atomic E-state index is 11.5. The maximum Gasteiger partial charge on any atom is 0.238 e. The number of ketones is 1. The Morgan fingerprint density at radius 1 is 1.14 bits per heavy atom. The molecule has 5 nitrogen and oxygen atoms in total. The molecule has 0 spiro atoms. The largest absolute Gasteiger partial charge is 0.488 e. The minimum atomic E-state index is -3.74. The summed E-state index contributed by atoms with van der Waals surface area (Å²) in [6.45, 7) is 1.61. The summed E-state index contributed by atoms with van der Waals surface area (Å²) >= 11 is 0. The second-order valence-electron chi connectivity index (χ2n) is 4.53. The predicted molar refractivity (Wildman–Crippen MR) is 78.6 cm³/mol. The number of primary sulfonamides is 1. The van der Waals surface area contributed by atoms with Crippen molar-refractivity contribution in [2.45, 2.75) is 18.4 Å². The molecule has 6 heteroatoms. The fourth-order valence-electron chi connectivity index (χ4n) is 1.86. The number of nitrogens with two attached hydrogens (primary N) is 1. The lowest BCUT2D eigenvalue weighted by molar-refractivity contribution is 0.101. The van der Waals surface area contributed by atoms with Crippen molar-refractivity contribution >= 4 is 15.8 Å². The third-order valence-corrected chi connectivity index (χ3v) is 3.80. The Morgan fingerprint density at radius 2 is 1.86 bits per heavy atom. The molecule has 0 bridgehead atoms. The van der Waals surface area contributed by atoms with E-state index in [1.807, 2.05) is 0 Å². The molecule has 2 N–H and O–H groups in total. The van der Waals surface area contributed by atoms with Gasteiger partial charge in [0, 0.05) is 0 Å². The summed E-state index contributed by atoms with van der Waals surface area (Å²) < 4.78 is 28.2.